The Labute approximate surface area is 110 Å². The maximum Gasteiger partial charge on any atom is 0.265 e. The summed E-state index contributed by atoms with van der Waals surface area (Å²) < 4.78 is 0. The summed E-state index contributed by atoms with van der Waals surface area (Å²) in [6, 6.07) is 7.49. The summed E-state index contributed by atoms with van der Waals surface area (Å²) in [5, 5.41) is 2.83. The van der Waals surface area contributed by atoms with Gasteiger partial charge in [0.05, 0.1) is 16.8 Å². The number of carbonyl (C=O) groups excluding carboxylic acids is 1. The topological polar surface area (TPSA) is 45.2 Å². The van der Waals surface area contributed by atoms with Crippen molar-refractivity contribution in [2.75, 3.05) is 24.3 Å². The molecule has 2 aromatic heterocycles. The molecule has 0 radical (unpaired) electrons. The summed E-state index contributed by atoms with van der Waals surface area (Å²) in [5.41, 5.74) is 0.705. The Morgan fingerprint density at radius 2 is 2.06 bits per heavy atom. The van der Waals surface area contributed by atoms with Crippen molar-refractivity contribution in [2.45, 2.75) is 6.92 Å². The van der Waals surface area contributed by atoms with Gasteiger partial charge in [-0.15, -0.1) is 11.3 Å². The molecule has 0 saturated carbocycles. The van der Waals surface area contributed by atoms with E-state index in [1.54, 1.807) is 6.20 Å². The van der Waals surface area contributed by atoms with E-state index in [2.05, 4.69) is 10.3 Å². The summed E-state index contributed by atoms with van der Waals surface area (Å²) in [5.74, 6) is 0.771. The molecule has 0 bridgehead atoms. The van der Waals surface area contributed by atoms with Crippen LogP contribution in [0.3, 0.4) is 0 Å². The zero-order chi connectivity index (χ0) is 13.1. The summed E-state index contributed by atoms with van der Waals surface area (Å²) in [7, 11) is 3.85. The zero-order valence-corrected chi connectivity index (χ0v) is 11.4. The van der Waals surface area contributed by atoms with Crippen LogP contribution in [0.5, 0.6) is 0 Å². The second-order valence-electron chi connectivity index (χ2n) is 4.16. The van der Waals surface area contributed by atoms with Gasteiger partial charge in [-0.1, -0.05) is 0 Å². The monoisotopic (exact) mass is 261 g/mol. The van der Waals surface area contributed by atoms with Crippen LogP contribution in [0.1, 0.15) is 14.5 Å². The maximum atomic E-state index is 11.9. The number of pyridine rings is 1. The minimum atomic E-state index is -0.0903. The van der Waals surface area contributed by atoms with Crippen LogP contribution in [0.25, 0.3) is 0 Å². The highest BCUT2D eigenvalue weighted by molar-refractivity contribution is 7.14. The molecule has 2 heterocycles. The number of thiophene rings is 1. The molecule has 1 N–H and O–H groups in total. The van der Waals surface area contributed by atoms with Crippen LogP contribution < -0.4 is 10.2 Å². The Balaban J connectivity index is 2.07. The van der Waals surface area contributed by atoms with E-state index in [9.17, 15) is 4.79 Å². The third-order valence-electron chi connectivity index (χ3n) is 2.43. The molecular formula is C13H15N3OS. The smallest absolute Gasteiger partial charge is 0.265 e. The fraction of sp³-hybridized carbons (Fsp3) is 0.231. The summed E-state index contributed by atoms with van der Waals surface area (Å²) in [6.45, 7) is 1.98. The lowest BCUT2D eigenvalue weighted by Gasteiger charge is -2.11. The molecule has 4 nitrogen and oxygen atoms in total. The number of aromatic nitrogens is 1. The van der Waals surface area contributed by atoms with Gasteiger partial charge in [-0.2, -0.15) is 0 Å². The number of hydrogen-bond acceptors (Lipinski definition) is 4. The lowest BCUT2D eigenvalue weighted by Crippen LogP contribution is -2.12. The van der Waals surface area contributed by atoms with Crippen molar-refractivity contribution in [3.8, 4) is 0 Å². The van der Waals surface area contributed by atoms with Gasteiger partial charge < -0.3 is 10.2 Å². The normalized spacial score (nSPS) is 10.2. The Morgan fingerprint density at radius 3 is 2.56 bits per heavy atom. The lowest BCUT2D eigenvalue weighted by atomic mass is 10.3. The van der Waals surface area contributed by atoms with E-state index in [0.717, 1.165) is 10.7 Å². The number of carbonyl (C=O) groups is 1. The molecule has 2 rings (SSSR count). The Hall–Kier alpha value is -1.88. The maximum absolute atomic E-state index is 11.9. The molecule has 0 unspecified atom stereocenters. The largest absolute Gasteiger partial charge is 0.363 e. The van der Waals surface area contributed by atoms with Crippen LogP contribution in [0.15, 0.2) is 30.5 Å². The Bertz CT molecular complexity index is 546. The first-order chi connectivity index (χ1) is 8.56. The molecule has 0 spiro atoms. The van der Waals surface area contributed by atoms with E-state index < -0.39 is 0 Å². The zero-order valence-electron chi connectivity index (χ0n) is 10.6. The minimum absolute atomic E-state index is 0.0903. The number of anilines is 2. The predicted molar refractivity (Wildman–Crippen MR) is 75.6 cm³/mol. The quantitative estimate of drug-likeness (QED) is 0.924. The number of rotatable bonds is 3. The first-order valence-corrected chi connectivity index (χ1v) is 6.39. The van der Waals surface area contributed by atoms with Gasteiger partial charge >= 0.3 is 0 Å². The number of nitrogens with zero attached hydrogens (tertiary/aromatic N) is 2. The predicted octanol–water partition coefficient (Wildman–Crippen LogP) is 2.77. The molecule has 0 aliphatic heterocycles. The van der Waals surface area contributed by atoms with Crippen molar-refractivity contribution >= 4 is 28.7 Å². The van der Waals surface area contributed by atoms with Crippen LogP contribution in [-0.4, -0.2) is 25.0 Å². The molecular weight excluding hydrogens is 246 g/mol. The molecule has 0 aromatic carbocycles. The first kappa shape index (κ1) is 12.6. The van der Waals surface area contributed by atoms with E-state index in [4.69, 9.17) is 0 Å². The Kier molecular flexibility index (Phi) is 3.62. The minimum Gasteiger partial charge on any atom is -0.363 e. The molecule has 0 aliphatic carbocycles. The molecule has 0 atom stereocenters. The molecule has 0 saturated heterocycles. The van der Waals surface area contributed by atoms with Gasteiger partial charge in [-0.25, -0.2) is 4.98 Å². The molecule has 5 heteroatoms. The van der Waals surface area contributed by atoms with E-state index in [1.165, 1.54) is 11.3 Å². The second kappa shape index (κ2) is 5.18. The van der Waals surface area contributed by atoms with Crippen LogP contribution in [0, 0.1) is 6.92 Å². The van der Waals surface area contributed by atoms with Gasteiger partial charge in [0, 0.05) is 19.0 Å². The van der Waals surface area contributed by atoms with Crippen LogP contribution in [-0.2, 0) is 0 Å². The van der Waals surface area contributed by atoms with Crippen molar-refractivity contribution in [3.05, 3.63) is 40.2 Å². The fourth-order valence-corrected chi connectivity index (χ4v) is 2.24. The lowest BCUT2D eigenvalue weighted by molar-refractivity contribution is 0.103. The van der Waals surface area contributed by atoms with Crippen LogP contribution >= 0.6 is 11.3 Å². The average molecular weight is 261 g/mol. The van der Waals surface area contributed by atoms with E-state index in [-0.39, 0.29) is 5.91 Å². The molecule has 2 aromatic rings. The number of amides is 1. The third-order valence-corrected chi connectivity index (χ3v) is 3.43. The first-order valence-electron chi connectivity index (χ1n) is 5.57. The highest BCUT2D eigenvalue weighted by atomic mass is 32.1. The van der Waals surface area contributed by atoms with Gasteiger partial charge in [0.1, 0.15) is 5.82 Å². The van der Waals surface area contributed by atoms with Gasteiger partial charge in [-0.3, -0.25) is 4.79 Å². The highest BCUT2D eigenvalue weighted by Crippen LogP contribution is 2.17. The molecule has 94 valence electrons. The van der Waals surface area contributed by atoms with Crippen molar-refractivity contribution in [1.82, 2.24) is 4.98 Å². The van der Waals surface area contributed by atoms with E-state index in [0.29, 0.717) is 10.6 Å². The SMILES string of the molecule is Cc1ccc(C(=O)Nc2ccc(N(C)C)nc2)s1. The van der Waals surface area contributed by atoms with Crippen molar-refractivity contribution < 1.29 is 4.79 Å². The van der Waals surface area contributed by atoms with Crippen molar-refractivity contribution in [3.63, 3.8) is 0 Å². The molecule has 1 amide bonds. The van der Waals surface area contributed by atoms with Gasteiger partial charge in [-0.05, 0) is 31.2 Å². The number of hydrogen-bond donors (Lipinski definition) is 1. The fourth-order valence-electron chi connectivity index (χ4n) is 1.47. The highest BCUT2D eigenvalue weighted by Gasteiger charge is 2.08. The summed E-state index contributed by atoms with van der Waals surface area (Å²) in [4.78, 5) is 19.9. The molecule has 18 heavy (non-hydrogen) atoms. The third kappa shape index (κ3) is 2.87. The summed E-state index contributed by atoms with van der Waals surface area (Å²) in [6.07, 6.45) is 1.66. The van der Waals surface area contributed by atoms with Gasteiger partial charge in [0.15, 0.2) is 0 Å². The van der Waals surface area contributed by atoms with E-state index >= 15 is 0 Å². The van der Waals surface area contributed by atoms with Gasteiger partial charge in [0.2, 0.25) is 0 Å². The average Bonchev–Trinajstić information content (AvgIpc) is 2.76. The Morgan fingerprint density at radius 1 is 1.28 bits per heavy atom. The molecule has 0 aliphatic rings. The summed E-state index contributed by atoms with van der Waals surface area (Å²) >= 11 is 1.48. The van der Waals surface area contributed by atoms with Crippen molar-refractivity contribution in [1.29, 1.82) is 0 Å². The van der Waals surface area contributed by atoms with Crippen LogP contribution in [0.2, 0.25) is 0 Å². The second-order valence-corrected chi connectivity index (χ2v) is 5.45. The van der Waals surface area contributed by atoms with Crippen molar-refractivity contribution in [2.24, 2.45) is 0 Å². The molecule has 0 fully saturated rings. The van der Waals surface area contributed by atoms with Gasteiger partial charge in [0.25, 0.3) is 5.91 Å². The number of nitrogens with one attached hydrogen (secondary N) is 1. The van der Waals surface area contributed by atoms with E-state index in [1.807, 2.05) is 50.2 Å². The number of aryl methyl sites for hydroxylation is 1. The van der Waals surface area contributed by atoms with Crippen LogP contribution in [0.4, 0.5) is 11.5 Å². The standard InChI is InChI=1S/C13H15N3OS/c1-9-4-6-11(18-9)13(17)15-10-5-7-12(14-8-10)16(2)3/h4-8H,1-3H3,(H,15,17).